The molecule has 1 heterocycles. The standard InChI is InChI=1S/C13H5BrCl2N4S/c14-7-2-1-6(5-17)10(3-7)18-11-8(15)4-9(16)12-13(11)20-21-19-12/h1-4,18H. The SMILES string of the molecule is N#Cc1ccc(Br)cc1Nc1c(Cl)cc(Cl)c2c1N=S=N2. The molecule has 0 atom stereocenters. The van der Waals surface area contributed by atoms with Crippen molar-refractivity contribution in [3.63, 3.8) is 0 Å². The van der Waals surface area contributed by atoms with E-state index >= 15 is 0 Å². The van der Waals surface area contributed by atoms with Gasteiger partial charge in [0.2, 0.25) is 0 Å². The maximum atomic E-state index is 9.19. The zero-order chi connectivity index (χ0) is 15.0. The average molecular weight is 400 g/mol. The smallest absolute Gasteiger partial charge is 0.131 e. The largest absolute Gasteiger partial charge is 0.351 e. The normalized spacial score (nSPS) is 11.7. The summed E-state index contributed by atoms with van der Waals surface area (Å²) in [4.78, 5) is 0. The number of halogens is 3. The summed E-state index contributed by atoms with van der Waals surface area (Å²) in [7, 11) is 0. The second kappa shape index (κ2) is 5.78. The van der Waals surface area contributed by atoms with E-state index in [9.17, 15) is 5.26 Å². The molecule has 0 aliphatic carbocycles. The lowest BCUT2D eigenvalue weighted by molar-refractivity contribution is 1.44. The molecular weight excluding hydrogens is 395 g/mol. The van der Waals surface area contributed by atoms with E-state index in [1.54, 1.807) is 24.3 Å². The fourth-order valence-electron chi connectivity index (χ4n) is 1.85. The molecule has 8 heteroatoms. The fraction of sp³-hybridized carbons (Fsp3) is 0. The molecule has 3 rings (SSSR count). The molecule has 0 saturated heterocycles. The van der Waals surface area contributed by atoms with Crippen molar-refractivity contribution in [2.24, 2.45) is 8.73 Å². The number of hydrogen-bond donors (Lipinski definition) is 1. The topological polar surface area (TPSA) is 60.5 Å². The molecule has 0 amide bonds. The molecule has 1 aliphatic rings. The molecule has 0 aromatic heterocycles. The van der Waals surface area contributed by atoms with Crippen molar-refractivity contribution >= 4 is 73.2 Å². The van der Waals surface area contributed by atoms with Gasteiger partial charge in [-0.2, -0.15) is 14.0 Å². The summed E-state index contributed by atoms with van der Waals surface area (Å²) < 4.78 is 9.22. The lowest BCUT2D eigenvalue weighted by Gasteiger charge is -2.13. The van der Waals surface area contributed by atoms with Crippen molar-refractivity contribution in [3.05, 3.63) is 44.3 Å². The highest BCUT2D eigenvalue weighted by Gasteiger charge is 2.19. The fourth-order valence-corrected chi connectivity index (χ4v) is 3.37. The Balaban J connectivity index is 2.13. The van der Waals surface area contributed by atoms with E-state index in [2.05, 4.69) is 36.0 Å². The zero-order valence-corrected chi connectivity index (χ0v) is 14.1. The quantitative estimate of drug-likeness (QED) is 0.565. The predicted octanol–water partition coefficient (Wildman–Crippen LogP) is 6.10. The lowest BCUT2D eigenvalue weighted by atomic mass is 10.1. The van der Waals surface area contributed by atoms with Crippen LogP contribution in [0.3, 0.4) is 0 Å². The molecule has 0 unspecified atom stereocenters. The van der Waals surface area contributed by atoms with E-state index in [0.29, 0.717) is 38.4 Å². The Kier molecular flexibility index (Phi) is 4.00. The van der Waals surface area contributed by atoms with Crippen LogP contribution < -0.4 is 5.32 Å². The second-order valence-electron chi connectivity index (χ2n) is 4.10. The summed E-state index contributed by atoms with van der Waals surface area (Å²) in [6.45, 7) is 0. The molecule has 4 nitrogen and oxygen atoms in total. The van der Waals surface area contributed by atoms with E-state index in [0.717, 1.165) is 15.8 Å². The Morgan fingerprint density at radius 1 is 1.14 bits per heavy atom. The van der Waals surface area contributed by atoms with Gasteiger partial charge >= 0.3 is 0 Å². The third kappa shape index (κ3) is 2.70. The number of fused-ring (bicyclic) bond motifs is 1. The zero-order valence-electron chi connectivity index (χ0n) is 10.2. The molecule has 1 N–H and O–H groups in total. The summed E-state index contributed by atoms with van der Waals surface area (Å²) >= 11 is 16.8. The first-order chi connectivity index (χ1) is 10.1. The molecule has 0 saturated carbocycles. The highest BCUT2D eigenvalue weighted by Crippen LogP contribution is 2.48. The number of nitrogens with zero attached hydrogens (tertiary/aromatic N) is 3. The minimum Gasteiger partial charge on any atom is -0.351 e. The van der Waals surface area contributed by atoms with Gasteiger partial charge < -0.3 is 5.32 Å². The van der Waals surface area contributed by atoms with Crippen molar-refractivity contribution < 1.29 is 0 Å². The van der Waals surface area contributed by atoms with E-state index in [4.69, 9.17) is 23.2 Å². The molecular formula is C13H5BrCl2N4S. The molecule has 0 radical (unpaired) electrons. The Morgan fingerprint density at radius 2 is 1.90 bits per heavy atom. The Hall–Kier alpha value is -1.39. The first-order valence-electron chi connectivity index (χ1n) is 5.67. The second-order valence-corrected chi connectivity index (χ2v) is 6.36. The summed E-state index contributed by atoms with van der Waals surface area (Å²) in [5, 5.41) is 13.2. The molecule has 0 bridgehead atoms. The van der Waals surface area contributed by atoms with Crippen molar-refractivity contribution in [3.8, 4) is 6.07 Å². The first-order valence-corrected chi connectivity index (χ1v) is 7.95. The predicted molar refractivity (Wildman–Crippen MR) is 90.1 cm³/mol. The van der Waals surface area contributed by atoms with Crippen LogP contribution in [0.4, 0.5) is 22.7 Å². The van der Waals surface area contributed by atoms with Crippen molar-refractivity contribution in [2.45, 2.75) is 0 Å². The number of benzene rings is 2. The molecule has 0 fully saturated rings. The van der Waals surface area contributed by atoms with Crippen LogP contribution in [0.15, 0.2) is 37.5 Å². The van der Waals surface area contributed by atoms with Crippen molar-refractivity contribution in [2.75, 3.05) is 5.32 Å². The van der Waals surface area contributed by atoms with E-state index in [-0.39, 0.29) is 0 Å². The highest BCUT2D eigenvalue weighted by atomic mass is 79.9. The van der Waals surface area contributed by atoms with Crippen molar-refractivity contribution in [1.29, 1.82) is 5.26 Å². The van der Waals surface area contributed by atoms with Gasteiger partial charge in [0.1, 0.15) is 17.4 Å². The third-order valence-corrected chi connectivity index (χ3v) is 4.41. The number of hydrogen-bond acceptors (Lipinski definition) is 4. The molecule has 2 aromatic rings. The van der Waals surface area contributed by atoms with Gasteiger partial charge in [0.25, 0.3) is 0 Å². The van der Waals surface area contributed by atoms with Crippen LogP contribution in [-0.4, -0.2) is 0 Å². The Labute approximate surface area is 142 Å². The summed E-state index contributed by atoms with van der Waals surface area (Å²) in [6, 6.07) is 9.05. The number of rotatable bonds is 2. The van der Waals surface area contributed by atoms with Crippen LogP contribution in [0.5, 0.6) is 0 Å². The Bertz CT molecular complexity index is 869. The molecule has 1 aliphatic heterocycles. The van der Waals surface area contributed by atoms with E-state index in [1.807, 2.05) is 0 Å². The molecule has 21 heavy (non-hydrogen) atoms. The summed E-state index contributed by atoms with van der Waals surface area (Å²) in [5.74, 6) is 0. The van der Waals surface area contributed by atoms with Gasteiger partial charge in [-0.1, -0.05) is 39.1 Å². The maximum Gasteiger partial charge on any atom is 0.131 e. The number of nitrogens with one attached hydrogen (secondary N) is 1. The van der Waals surface area contributed by atoms with Crippen LogP contribution in [-0.2, 0) is 11.4 Å². The van der Waals surface area contributed by atoms with Gasteiger partial charge in [-0.25, -0.2) is 0 Å². The maximum absolute atomic E-state index is 9.19. The highest BCUT2D eigenvalue weighted by molar-refractivity contribution is 9.10. The Morgan fingerprint density at radius 3 is 2.67 bits per heavy atom. The molecule has 2 aromatic carbocycles. The minimum atomic E-state index is 0.420. The van der Waals surface area contributed by atoms with Gasteiger partial charge in [0.15, 0.2) is 0 Å². The van der Waals surface area contributed by atoms with Crippen LogP contribution in [0, 0.1) is 11.3 Å². The lowest BCUT2D eigenvalue weighted by Crippen LogP contribution is -1.95. The summed E-state index contributed by atoms with van der Waals surface area (Å²) in [6.07, 6.45) is 0. The van der Waals surface area contributed by atoms with Gasteiger partial charge in [0.05, 0.1) is 38.3 Å². The summed E-state index contributed by atoms with van der Waals surface area (Å²) in [5.41, 5.74) is 2.88. The molecule has 104 valence electrons. The van der Waals surface area contributed by atoms with E-state index in [1.165, 1.54) is 0 Å². The third-order valence-electron chi connectivity index (χ3n) is 2.81. The van der Waals surface area contributed by atoms with Gasteiger partial charge in [-0.15, -0.1) is 0 Å². The van der Waals surface area contributed by atoms with Crippen LogP contribution in [0.2, 0.25) is 10.0 Å². The van der Waals surface area contributed by atoms with Gasteiger partial charge in [-0.05, 0) is 24.3 Å². The molecule has 0 spiro atoms. The van der Waals surface area contributed by atoms with E-state index < -0.39 is 0 Å². The van der Waals surface area contributed by atoms with Gasteiger partial charge in [-0.3, -0.25) is 0 Å². The minimum absolute atomic E-state index is 0.420. The van der Waals surface area contributed by atoms with Crippen LogP contribution >= 0.6 is 39.1 Å². The van der Waals surface area contributed by atoms with Gasteiger partial charge in [0, 0.05) is 4.47 Å². The number of anilines is 2. The van der Waals surface area contributed by atoms with Crippen molar-refractivity contribution in [1.82, 2.24) is 0 Å². The first kappa shape index (κ1) is 14.5. The average Bonchev–Trinajstić information content (AvgIpc) is 2.93. The van der Waals surface area contributed by atoms with Crippen LogP contribution in [0.1, 0.15) is 5.56 Å². The number of nitriles is 1. The monoisotopic (exact) mass is 398 g/mol. The van der Waals surface area contributed by atoms with Crippen LogP contribution in [0.25, 0.3) is 0 Å².